The van der Waals surface area contributed by atoms with Crippen LogP contribution in [0.1, 0.15) is 0 Å². The maximum Gasteiger partial charge on any atom is 0.160 e. The molecule has 2 N–H and O–H groups in total. The van der Waals surface area contributed by atoms with Crippen LogP contribution in [0.2, 0.25) is 0 Å². The number of hydrogen-bond acceptors (Lipinski definition) is 5. The third-order valence-corrected chi connectivity index (χ3v) is 5.16. The molecule has 0 saturated heterocycles. The molecule has 5 heterocycles. The monoisotopic (exact) mass is 389 g/mol. The fraction of sp³-hybridized carbons (Fsp3) is 0. The summed E-state index contributed by atoms with van der Waals surface area (Å²) in [7, 11) is 0. The van der Waals surface area contributed by atoms with Gasteiger partial charge in [0, 0.05) is 47.5 Å². The van der Waals surface area contributed by atoms with Crippen LogP contribution in [0.3, 0.4) is 0 Å². The summed E-state index contributed by atoms with van der Waals surface area (Å²) in [6.45, 7) is 0. The SMILES string of the molecule is c1cncc(-c2ccc3[nH]nc(-c4nc5c(-c6ccncc6)ccnc5[nH]4)c3c2)c1. The van der Waals surface area contributed by atoms with Crippen molar-refractivity contribution < 1.29 is 0 Å². The molecule has 0 radical (unpaired) electrons. The van der Waals surface area contributed by atoms with Crippen molar-refractivity contribution in [3.63, 3.8) is 0 Å². The molecular weight excluding hydrogens is 374 g/mol. The zero-order valence-electron chi connectivity index (χ0n) is 15.7. The van der Waals surface area contributed by atoms with Gasteiger partial charge in [-0.3, -0.25) is 15.1 Å². The fourth-order valence-corrected chi connectivity index (χ4v) is 3.69. The molecule has 0 unspecified atom stereocenters. The van der Waals surface area contributed by atoms with Gasteiger partial charge in [0.05, 0.1) is 5.52 Å². The molecule has 0 atom stereocenters. The van der Waals surface area contributed by atoms with Crippen LogP contribution < -0.4 is 0 Å². The largest absolute Gasteiger partial charge is 0.321 e. The predicted octanol–water partition coefficient (Wildman–Crippen LogP) is 4.63. The van der Waals surface area contributed by atoms with E-state index in [9.17, 15) is 0 Å². The Morgan fingerprint density at radius 3 is 2.57 bits per heavy atom. The lowest BCUT2D eigenvalue weighted by atomic mass is 10.0. The first-order valence-corrected chi connectivity index (χ1v) is 9.51. The normalized spacial score (nSPS) is 11.3. The molecule has 0 aliphatic heterocycles. The van der Waals surface area contributed by atoms with Crippen LogP contribution in [0.5, 0.6) is 0 Å². The third-order valence-electron chi connectivity index (χ3n) is 5.16. The zero-order valence-corrected chi connectivity index (χ0v) is 15.7. The standard InChI is InChI=1S/C23H15N7/c1-2-16(13-25-8-1)15-3-4-19-18(12-15)21(30-29-19)23-27-20-17(7-11-26-22(20)28-23)14-5-9-24-10-6-14/h1-13H,(H,29,30)(H,26,27,28). The van der Waals surface area contributed by atoms with Gasteiger partial charge in [0.15, 0.2) is 11.5 Å². The van der Waals surface area contributed by atoms with E-state index in [1.54, 1.807) is 24.8 Å². The number of rotatable bonds is 3. The summed E-state index contributed by atoms with van der Waals surface area (Å²) in [5, 5.41) is 8.61. The summed E-state index contributed by atoms with van der Waals surface area (Å²) < 4.78 is 0. The molecular formula is C23H15N7. The summed E-state index contributed by atoms with van der Waals surface area (Å²) in [5.74, 6) is 0.675. The Kier molecular flexibility index (Phi) is 3.64. The highest BCUT2D eigenvalue weighted by molar-refractivity contribution is 5.97. The molecule has 0 saturated carbocycles. The molecule has 0 aliphatic carbocycles. The van der Waals surface area contributed by atoms with E-state index >= 15 is 0 Å². The molecule has 142 valence electrons. The van der Waals surface area contributed by atoms with E-state index in [4.69, 9.17) is 4.98 Å². The first kappa shape index (κ1) is 16.6. The Morgan fingerprint density at radius 1 is 0.767 bits per heavy atom. The van der Waals surface area contributed by atoms with Crippen molar-refractivity contribution in [1.82, 2.24) is 35.1 Å². The van der Waals surface area contributed by atoms with Gasteiger partial charge in [-0.25, -0.2) is 9.97 Å². The van der Waals surface area contributed by atoms with Crippen molar-refractivity contribution in [2.75, 3.05) is 0 Å². The zero-order chi connectivity index (χ0) is 19.9. The maximum absolute atomic E-state index is 4.85. The van der Waals surface area contributed by atoms with Gasteiger partial charge in [0.25, 0.3) is 0 Å². The topological polar surface area (TPSA) is 96.0 Å². The number of fused-ring (bicyclic) bond motifs is 2. The van der Waals surface area contributed by atoms with Crippen molar-refractivity contribution in [2.45, 2.75) is 0 Å². The van der Waals surface area contributed by atoms with Crippen LogP contribution in [0.15, 0.2) is 79.5 Å². The van der Waals surface area contributed by atoms with E-state index in [0.29, 0.717) is 5.82 Å². The van der Waals surface area contributed by atoms with E-state index in [1.807, 2.05) is 42.6 Å². The predicted molar refractivity (Wildman–Crippen MR) is 115 cm³/mol. The third kappa shape index (κ3) is 2.64. The number of aromatic nitrogens is 7. The van der Waals surface area contributed by atoms with Crippen LogP contribution in [-0.2, 0) is 0 Å². The quantitative estimate of drug-likeness (QED) is 0.460. The Morgan fingerprint density at radius 2 is 1.70 bits per heavy atom. The number of imidazole rings is 1. The lowest BCUT2D eigenvalue weighted by Gasteiger charge is -2.01. The van der Waals surface area contributed by atoms with Gasteiger partial charge in [-0.15, -0.1) is 0 Å². The molecule has 30 heavy (non-hydrogen) atoms. The van der Waals surface area contributed by atoms with Crippen molar-refractivity contribution in [1.29, 1.82) is 0 Å². The minimum Gasteiger partial charge on any atom is -0.321 e. The van der Waals surface area contributed by atoms with Crippen molar-refractivity contribution >= 4 is 22.1 Å². The van der Waals surface area contributed by atoms with E-state index in [0.717, 1.165) is 50.0 Å². The number of aromatic amines is 2. The summed E-state index contributed by atoms with van der Waals surface area (Å²) >= 11 is 0. The molecule has 0 fully saturated rings. The fourth-order valence-electron chi connectivity index (χ4n) is 3.69. The Hall–Kier alpha value is -4.39. The molecule has 7 nitrogen and oxygen atoms in total. The van der Waals surface area contributed by atoms with Crippen LogP contribution in [0.4, 0.5) is 0 Å². The minimum absolute atomic E-state index is 0.675. The van der Waals surface area contributed by atoms with Gasteiger partial charge in [-0.1, -0.05) is 12.1 Å². The Balaban J connectivity index is 1.52. The second-order valence-electron chi connectivity index (χ2n) is 6.95. The number of pyridine rings is 3. The second-order valence-corrected chi connectivity index (χ2v) is 6.95. The smallest absolute Gasteiger partial charge is 0.160 e. The highest BCUT2D eigenvalue weighted by Gasteiger charge is 2.16. The van der Waals surface area contributed by atoms with E-state index in [1.165, 1.54) is 0 Å². The molecule has 1 aromatic carbocycles. The van der Waals surface area contributed by atoms with Crippen molar-refractivity contribution in [2.24, 2.45) is 0 Å². The molecule has 0 bridgehead atoms. The number of hydrogen-bond donors (Lipinski definition) is 2. The highest BCUT2D eigenvalue weighted by Crippen LogP contribution is 2.32. The van der Waals surface area contributed by atoms with E-state index in [-0.39, 0.29) is 0 Å². The number of nitrogens with zero attached hydrogens (tertiary/aromatic N) is 5. The number of benzene rings is 1. The summed E-state index contributed by atoms with van der Waals surface area (Å²) in [5.41, 5.74) is 7.40. The van der Waals surface area contributed by atoms with Gasteiger partial charge in [-0.05, 0) is 47.5 Å². The summed E-state index contributed by atoms with van der Waals surface area (Å²) in [6, 6.07) is 16.1. The number of nitrogens with one attached hydrogen (secondary N) is 2. The Bertz CT molecular complexity index is 1480. The van der Waals surface area contributed by atoms with Crippen molar-refractivity contribution in [3.05, 3.63) is 79.5 Å². The van der Waals surface area contributed by atoms with Gasteiger partial charge in [0.1, 0.15) is 11.2 Å². The van der Waals surface area contributed by atoms with E-state index in [2.05, 4.69) is 42.3 Å². The lowest BCUT2D eigenvalue weighted by molar-refractivity contribution is 1.10. The minimum atomic E-state index is 0.675. The van der Waals surface area contributed by atoms with Crippen LogP contribution in [0.25, 0.3) is 55.8 Å². The average Bonchev–Trinajstić information content (AvgIpc) is 3.43. The lowest BCUT2D eigenvalue weighted by Crippen LogP contribution is -1.83. The number of H-pyrrole nitrogens is 2. The highest BCUT2D eigenvalue weighted by atomic mass is 15.1. The average molecular weight is 389 g/mol. The molecule has 5 aromatic heterocycles. The first-order chi connectivity index (χ1) is 14.9. The van der Waals surface area contributed by atoms with E-state index < -0.39 is 0 Å². The summed E-state index contributed by atoms with van der Waals surface area (Å²) in [4.78, 5) is 21.0. The van der Waals surface area contributed by atoms with Gasteiger partial charge in [0.2, 0.25) is 0 Å². The van der Waals surface area contributed by atoms with Crippen LogP contribution in [-0.4, -0.2) is 35.1 Å². The van der Waals surface area contributed by atoms with Gasteiger partial charge >= 0.3 is 0 Å². The maximum atomic E-state index is 4.85. The molecule has 0 spiro atoms. The Labute approximate surface area is 170 Å². The molecule has 0 aliphatic rings. The first-order valence-electron chi connectivity index (χ1n) is 9.51. The van der Waals surface area contributed by atoms with Gasteiger partial charge in [-0.2, -0.15) is 5.10 Å². The van der Waals surface area contributed by atoms with Crippen LogP contribution in [0, 0.1) is 0 Å². The van der Waals surface area contributed by atoms with Gasteiger partial charge < -0.3 is 4.98 Å². The van der Waals surface area contributed by atoms with Crippen molar-refractivity contribution in [3.8, 4) is 33.8 Å². The molecule has 0 amide bonds. The summed E-state index contributed by atoms with van der Waals surface area (Å²) in [6.07, 6.45) is 8.95. The molecule has 6 rings (SSSR count). The van der Waals surface area contributed by atoms with Crippen LogP contribution >= 0.6 is 0 Å². The molecule has 7 heteroatoms. The molecule has 6 aromatic rings. The second kappa shape index (κ2) is 6.59.